The molecule has 1 N–H and O–H groups in total. The summed E-state index contributed by atoms with van der Waals surface area (Å²) in [6.07, 6.45) is 0.693. The molecular weight excluding hydrogens is 300 g/mol. The average molecular weight is 322 g/mol. The SMILES string of the molecule is COC1(C)CC(N(C)C(=O)c2ccc(O)c([N+](=O)[O-])c2)C1(C)C. The van der Waals surface area contributed by atoms with E-state index in [1.807, 2.05) is 20.8 Å². The van der Waals surface area contributed by atoms with E-state index in [1.165, 1.54) is 12.1 Å². The number of nitro benzene ring substituents is 1. The van der Waals surface area contributed by atoms with Gasteiger partial charge < -0.3 is 14.7 Å². The summed E-state index contributed by atoms with van der Waals surface area (Å²) in [6, 6.07) is 3.63. The third kappa shape index (κ3) is 2.55. The zero-order chi connectivity index (χ0) is 17.6. The van der Waals surface area contributed by atoms with Gasteiger partial charge in [0.05, 0.1) is 10.5 Å². The van der Waals surface area contributed by atoms with E-state index in [-0.39, 0.29) is 28.5 Å². The van der Waals surface area contributed by atoms with Crippen LogP contribution in [-0.4, -0.2) is 46.6 Å². The molecule has 126 valence electrons. The Hall–Kier alpha value is -2.15. The van der Waals surface area contributed by atoms with E-state index in [4.69, 9.17) is 4.74 Å². The van der Waals surface area contributed by atoms with Gasteiger partial charge in [-0.05, 0) is 25.5 Å². The van der Waals surface area contributed by atoms with E-state index >= 15 is 0 Å². The van der Waals surface area contributed by atoms with Crippen LogP contribution in [0.3, 0.4) is 0 Å². The van der Waals surface area contributed by atoms with Crippen molar-refractivity contribution in [3.05, 3.63) is 33.9 Å². The minimum Gasteiger partial charge on any atom is -0.502 e. The molecule has 2 atom stereocenters. The summed E-state index contributed by atoms with van der Waals surface area (Å²) in [6.45, 7) is 6.08. The molecule has 0 spiro atoms. The van der Waals surface area contributed by atoms with Crippen molar-refractivity contribution >= 4 is 11.6 Å². The Morgan fingerprint density at radius 3 is 2.52 bits per heavy atom. The fourth-order valence-electron chi connectivity index (χ4n) is 3.22. The number of carbonyl (C=O) groups is 1. The molecule has 0 heterocycles. The lowest BCUT2D eigenvalue weighted by Gasteiger charge is -2.61. The summed E-state index contributed by atoms with van der Waals surface area (Å²) in [5.41, 5.74) is -0.847. The van der Waals surface area contributed by atoms with Gasteiger partial charge in [-0.2, -0.15) is 0 Å². The van der Waals surface area contributed by atoms with Crippen molar-refractivity contribution in [2.24, 2.45) is 5.41 Å². The fourth-order valence-corrected chi connectivity index (χ4v) is 3.22. The number of hydrogen-bond donors (Lipinski definition) is 1. The van der Waals surface area contributed by atoms with Crippen LogP contribution in [0.5, 0.6) is 5.75 Å². The van der Waals surface area contributed by atoms with E-state index in [9.17, 15) is 20.0 Å². The van der Waals surface area contributed by atoms with Crippen LogP contribution in [0, 0.1) is 15.5 Å². The van der Waals surface area contributed by atoms with Crippen LogP contribution in [0.2, 0.25) is 0 Å². The highest BCUT2D eigenvalue weighted by molar-refractivity contribution is 5.95. The number of benzene rings is 1. The molecule has 7 heteroatoms. The molecule has 1 saturated carbocycles. The lowest BCUT2D eigenvalue weighted by Crippen LogP contribution is -2.68. The molecule has 1 aromatic rings. The molecule has 7 nitrogen and oxygen atoms in total. The minimum absolute atomic E-state index is 0.0344. The predicted octanol–water partition coefficient (Wildman–Crippen LogP) is 2.58. The van der Waals surface area contributed by atoms with Crippen LogP contribution >= 0.6 is 0 Å². The number of rotatable bonds is 4. The molecule has 2 unspecified atom stereocenters. The smallest absolute Gasteiger partial charge is 0.311 e. The van der Waals surface area contributed by atoms with Crippen molar-refractivity contribution in [2.75, 3.05) is 14.2 Å². The molecule has 0 bridgehead atoms. The molecular formula is C16H22N2O5. The third-order valence-electron chi connectivity index (χ3n) is 5.44. The first-order chi connectivity index (χ1) is 10.5. The van der Waals surface area contributed by atoms with Crippen LogP contribution in [0.1, 0.15) is 37.6 Å². The van der Waals surface area contributed by atoms with Gasteiger partial charge in [0.1, 0.15) is 0 Å². The summed E-state index contributed by atoms with van der Waals surface area (Å²) in [5, 5.41) is 20.4. The van der Waals surface area contributed by atoms with E-state index in [1.54, 1.807) is 19.1 Å². The lowest BCUT2D eigenvalue weighted by molar-refractivity contribution is -0.385. The number of amides is 1. The number of ether oxygens (including phenoxy) is 1. The molecule has 1 aliphatic rings. The normalized spacial score (nSPS) is 25.5. The highest BCUT2D eigenvalue weighted by Crippen LogP contribution is 2.53. The number of carbonyl (C=O) groups excluding carboxylic acids is 1. The topological polar surface area (TPSA) is 92.9 Å². The third-order valence-corrected chi connectivity index (χ3v) is 5.44. The fraction of sp³-hybridized carbons (Fsp3) is 0.562. The Morgan fingerprint density at radius 2 is 2.04 bits per heavy atom. The molecule has 1 fully saturated rings. The van der Waals surface area contributed by atoms with Crippen molar-refractivity contribution in [3.8, 4) is 5.75 Å². The van der Waals surface area contributed by atoms with Gasteiger partial charge in [0.15, 0.2) is 5.75 Å². The summed E-state index contributed by atoms with van der Waals surface area (Å²) in [7, 11) is 3.34. The van der Waals surface area contributed by atoms with Crippen molar-refractivity contribution in [2.45, 2.75) is 38.8 Å². The van der Waals surface area contributed by atoms with Crippen LogP contribution in [0.4, 0.5) is 5.69 Å². The summed E-state index contributed by atoms with van der Waals surface area (Å²) < 4.78 is 5.56. The number of nitrogens with zero attached hydrogens (tertiary/aromatic N) is 2. The summed E-state index contributed by atoms with van der Waals surface area (Å²) in [4.78, 5) is 24.4. The average Bonchev–Trinajstić information content (AvgIpc) is 2.50. The molecule has 1 amide bonds. The van der Waals surface area contributed by atoms with Gasteiger partial charge in [0, 0.05) is 37.2 Å². The van der Waals surface area contributed by atoms with E-state index < -0.39 is 16.4 Å². The van der Waals surface area contributed by atoms with Crippen LogP contribution < -0.4 is 0 Å². The van der Waals surface area contributed by atoms with Gasteiger partial charge in [-0.25, -0.2) is 0 Å². The lowest BCUT2D eigenvalue weighted by atomic mass is 9.55. The number of nitro groups is 1. The molecule has 0 saturated heterocycles. The number of phenolic OH excluding ortho intramolecular Hbond substituents is 1. The molecule has 0 aromatic heterocycles. The van der Waals surface area contributed by atoms with Crippen LogP contribution in [0.15, 0.2) is 18.2 Å². The van der Waals surface area contributed by atoms with Crippen LogP contribution in [-0.2, 0) is 4.74 Å². The Balaban J connectivity index is 2.25. The van der Waals surface area contributed by atoms with Crippen molar-refractivity contribution in [1.29, 1.82) is 0 Å². The Bertz CT molecular complexity index is 658. The summed E-state index contributed by atoms with van der Waals surface area (Å²) in [5.74, 6) is -0.769. The van der Waals surface area contributed by atoms with Gasteiger partial charge in [-0.15, -0.1) is 0 Å². The number of methoxy groups -OCH3 is 1. The first-order valence-electron chi connectivity index (χ1n) is 7.35. The quantitative estimate of drug-likeness (QED) is 0.679. The second kappa shape index (κ2) is 5.49. The maximum Gasteiger partial charge on any atom is 0.311 e. The van der Waals surface area contributed by atoms with Gasteiger partial charge in [-0.3, -0.25) is 14.9 Å². The number of hydrogen-bond acceptors (Lipinski definition) is 5. The highest BCUT2D eigenvalue weighted by Gasteiger charge is 2.59. The van der Waals surface area contributed by atoms with Gasteiger partial charge >= 0.3 is 5.69 Å². The number of aromatic hydroxyl groups is 1. The van der Waals surface area contributed by atoms with E-state index in [0.717, 1.165) is 6.07 Å². The Kier molecular flexibility index (Phi) is 4.11. The second-order valence-electron chi connectivity index (χ2n) is 6.75. The monoisotopic (exact) mass is 322 g/mol. The van der Waals surface area contributed by atoms with Crippen molar-refractivity contribution in [3.63, 3.8) is 0 Å². The molecule has 0 aliphatic heterocycles. The number of phenols is 1. The molecule has 0 radical (unpaired) electrons. The zero-order valence-electron chi connectivity index (χ0n) is 14.0. The van der Waals surface area contributed by atoms with Crippen molar-refractivity contribution < 1.29 is 19.6 Å². The molecule has 1 aromatic carbocycles. The van der Waals surface area contributed by atoms with E-state index in [0.29, 0.717) is 6.42 Å². The summed E-state index contributed by atoms with van der Waals surface area (Å²) >= 11 is 0. The zero-order valence-corrected chi connectivity index (χ0v) is 14.0. The largest absolute Gasteiger partial charge is 0.502 e. The van der Waals surface area contributed by atoms with Gasteiger partial charge in [0.2, 0.25) is 0 Å². The predicted molar refractivity (Wildman–Crippen MR) is 84.5 cm³/mol. The maximum atomic E-state index is 12.6. The highest BCUT2D eigenvalue weighted by atomic mass is 16.6. The standard InChI is InChI=1S/C16H22N2O5/c1-15(2)13(9-16(15,3)23-5)17(4)14(20)10-6-7-12(19)11(8-10)18(21)22/h6-8,13,19H,9H2,1-5H3. The van der Waals surface area contributed by atoms with Gasteiger partial charge in [-0.1, -0.05) is 13.8 Å². The first-order valence-corrected chi connectivity index (χ1v) is 7.35. The molecule has 2 rings (SSSR count). The second-order valence-corrected chi connectivity index (χ2v) is 6.75. The Morgan fingerprint density at radius 1 is 1.43 bits per heavy atom. The first kappa shape index (κ1) is 17.2. The minimum atomic E-state index is -0.707. The molecule has 23 heavy (non-hydrogen) atoms. The van der Waals surface area contributed by atoms with Crippen LogP contribution in [0.25, 0.3) is 0 Å². The van der Waals surface area contributed by atoms with E-state index in [2.05, 4.69) is 0 Å². The Labute approximate surface area is 135 Å². The maximum absolute atomic E-state index is 12.6. The molecule has 1 aliphatic carbocycles. The van der Waals surface area contributed by atoms with Crippen molar-refractivity contribution in [1.82, 2.24) is 4.90 Å². The van der Waals surface area contributed by atoms with Gasteiger partial charge in [0.25, 0.3) is 5.91 Å².